The fraction of sp³-hybridized carbons (Fsp3) is 0.333. The molecule has 1 unspecified atom stereocenters. The summed E-state index contributed by atoms with van der Waals surface area (Å²) >= 11 is 1.16. The van der Waals surface area contributed by atoms with E-state index >= 15 is 0 Å². The Morgan fingerprint density at radius 3 is 2.80 bits per heavy atom. The van der Waals surface area contributed by atoms with Crippen molar-refractivity contribution in [1.29, 1.82) is 0 Å². The van der Waals surface area contributed by atoms with Crippen molar-refractivity contribution in [2.75, 3.05) is 0 Å². The van der Waals surface area contributed by atoms with Gasteiger partial charge in [0.1, 0.15) is 0 Å². The van der Waals surface area contributed by atoms with Crippen LogP contribution >= 0.6 is 11.8 Å². The summed E-state index contributed by atoms with van der Waals surface area (Å²) in [6.45, 7) is 3.61. The molecular weight excluding hydrogens is 206 g/mol. The van der Waals surface area contributed by atoms with E-state index in [0.717, 1.165) is 18.2 Å². The molecule has 0 spiro atoms. The summed E-state index contributed by atoms with van der Waals surface area (Å²) in [6, 6.07) is 8.19. The van der Waals surface area contributed by atoms with E-state index in [1.807, 2.05) is 18.6 Å². The Balaban J connectivity index is 2.43. The molecule has 0 heterocycles. The first-order valence-corrected chi connectivity index (χ1v) is 5.78. The first kappa shape index (κ1) is 12.3. The average molecular weight is 222 g/mol. The van der Waals surface area contributed by atoms with Crippen molar-refractivity contribution in [2.45, 2.75) is 25.6 Å². The van der Waals surface area contributed by atoms with Gasteiger partial charge in [-0.1, -0.05) is 36.0 Å². The Bertz CT molecular complexity index is 338. The van der Waals surface area contributed by atoms with Crippen molar-refractivity contribution in [1.82, 2.24) is 0 Å². The van der Waals surface area contributed by atoms with Crippen LogP contribution in [-0.2, 0) is 11.2 Å². The molecule has 0 aliphatic rings. The van der Waals surface area contributed by atoms with Gasteiger partial charge in [-0.3, -0.25) is 4.79 Å². The molecule has 0 bridgehead atoms. The number of carbonyl (C=O) groups is 1. The molecule has 1 atom stereocenters. The van der Waals surface area contributed by atoms with Gasteiger partial charge in [0.2, 0.25) is 0 Å². The van der Waals surface area contributed by atoms with Gasteiger partial charge in [-0.05, 0) is 30.9 Å². The Kier molecular flexibility index (Phi) is 4.85. The molecule has 3 heteroatoms. The van der Waals surface area contributed by atoms with E-state index in [1.165, 1.54) is 18.1 Å². The highest BCUT2D eigenvalue weighted by molar-refractivity contribution is 8.14. The predicted molar refractivity (Wildman–Crippen MR) is 65.4 cm³/mol. The molecule has 0 aliphatic heterocycles. The molecule has 0 fully saturated rings. The van der Waals surface area contributed by atoms with Crippen LogP contribution < -0.4 is 5.73 Å². The second kappa shape index (κ2) is 5.93. The predicted octanol–water partition coefficient (Wildman–Crippen LogP) is 2.31. The van der Waals surface area contributed by atoms with Crippen molar-refractivity contribution in [3.8, 4) is 0 Å². The van der Waals surface area contributed by atoms with Gasteiger partial charge in [0.05, 0.1) is 5.37 Å². The molecule has 1 aromatic carbocycles. The first-order valence-electron chi connectivity index (χ1n) is 4.90. The SMILES string of the molecule is CC(=O)SC(N)[CH]Cc1ccccc1C. The van der Waals surface area contributed by atoms with E-state index in [1.54, 1.807) is 0 Å². The molecular formula is C12H16NOS. The van der Waals surface area contributed by atoms with Gasteiger partial charge < -0.3 is 5.73 Å². The second-order valence-corrected chi connectivity index (χ2v) is 4.80. The van der Waals surface area contributed by atoms with Crippen molar-refractivity contribution in [2.24, 2.45) is 5.73 Å². The lowest BCUT2D eigenvalue weighted by Gasteiger charge is -2.09. The van der Waals surface area contributed by atoms with Crippen LogP contribution in [0.3, 0.4) is 0 Å². The maximum Gasteiger partial charge on any atom is 0.187 e. The molecule has 0 aliphatic carbocycles. The van der Waals surface area contributed by atoms with E-state index < -0.39 is 0 Å². The maximum atomic E-state index is 10.8. The summed E-state index contributed by atoms with van der Waals surface area (Å²) in [4.78, 5) is 10.8. The van der Waals surface area contributed by atoms with Gasteiger partial charge in [0, 0.05) is 6.92 Å². The highest BCUT2D eigenvalue weighted by Crippen LogP contribution is 2.14. The highest BCUT2D eigenvalue weighted by atomic mass is 32.2. The molecule has 0 amide bonds. The standard InChI is InChI=1S/C12H16NOS/c1-9-5-3-4-6-11(9)7-8-12(13)15-10(2)14/h3-6,8,12H,7,13H2,1-2H3. The van der Waals surface area contributed by atoms with Gasteiger partial charge in [0.15, 0.2) is 5.12 Å². The zero-order valence-corrected chi connectivity index (χ0v) is 9.88. The first-order chi connectivity index (χ1) is 7.09. The van der Waals surface area contributed by atoms with E-state index in [0.29, 0.717) is 0 Å². The molecule has 1 rings (SSSR count). The Morgan fingerprint density at radius 1 is 1.53 bits per heavy atom. The Labute approximate surface area is 95.2 Å². The molecule has 1 aromatic rings. The molecule has 1 radical (unpaired) electrons. The fourth-order valence-corrected chi connectivity index (χ4v) is 1.90. The summed E-state index contributed by atoms with van der Waals surface area (Å²) in [5, 5.41) is -0.148. The normalized spacial score (nSPS) is 12.5. The van der Waals surface area contributed by atoms with Crippen LogP contribution in [-0.4, -0.2) is 10.5 Å². The Hall–Kier alpha value is -0.800. The molecule has 0 aromatic heterocycles. The van der Waals surface area contributed by atoms with E-state index in [2.05, 4.69) is 19.1 Å². The van der Waals surface area contributed by atoms with Gasteiger partial charge in [-0.25, -0.2) is 0 Å². The molecule has 2 N–H and O–H groups in total. The zero-order valence-electron chi connectivity index (χ0n) is 9.07. The number of nitrogens with two attached hydrogens (primary N) is 1. The number of aryl methyl sites for hydroxylation is 1. The molecule has 2 nitrogen and oxygen atoms in total. The van der Waals surface area contributed by atoms with E-state index in [4.69, 9.17) is 5.73 Å². The summed E-state index contributed by atoms with van der Waals surface area (Å²) in [5.41, 5.74) is 8.28. The third kappa shape index (κ3) is 4.49. The zero-order chi connectivity index (χ0) is 11.3. The second-order valence-electron chi connectivity index (χ2n) is 3.44. The minimum Gasteiger partial charge on any atom is -0.319 e. The topological polar surface area (TPSA) is 43.1 Å². The van der Waals surface area contributed by atoms with Gasteiger partial charge in [0.25, 0.3) is 0 Å². The minimum atomic E-state index is -0.206. The number of benzene rings is 1. The van der Waals surface area contributed by atoms with E-state index in [-0.39, 0.29) is 10.5 Å². The van der Waals surface area contributed by atoms with Gasteiger partial charge in [-0.15, -0.1) is 0 Å². The summed E-state index contributed by atoms with van der Waals surface area (Å²) < 4.78 is 0. The van der Waals surface area contributed by atoms with Crippen LogP contribution in [0, 0.1) is 13.3 Å². The lowest BCUT2D eigenvalue weighted by molar-refractivity contribution is -0.109. The van der Waals surface area contributed by atoms with Crippen molar-refractivity contribution in [3.63, 3.8) is 0 Å². The third-order valence-electron chi connectivity index (χ3n) is 2.13. The number of rotatable bonds is 4. The average Bonchev–Trinajstić information content (AvgIpc) is 2.15. The summed E-state index contributed by atoms with van der Waals surface area (Å²) in [5.74, 6) is 0. The van der Waals surface area contributed by atoms with Crippen LogP contribution in [0.25, 0.3) is 0 Å². The fourth-order valence-electron chi connectivity index (χ4n) is 1.32. The van der Waals surface area contributed by atoms with Crippen LogP contribution in [0.5, 0.6) is 0 Å². The monoisotopic (exact) mass is 222 g/mol. The van der Waals surface area contributed by atoms with Crippen molar-refractivity contribution in [3.05, 3.63) is 41.8 Å². The molecule has 0 saturated heterocycles. The minimum absolute atomic E-state index is 0.0588. The summed E-state index contributed by atoms with van der Waals surface area (Å²) in [7, 11) is 0. The Morgan fingerprint density at radius 2 is 2.20 bits per heavy atom. The highest BCUT2D eigenvalue weighted by Gasteiger charge is 2.07. The summed E-state index contributed by atoms with van der Waals surface area (Å²) in [6.07, 6.45) is 2.78. The number of hydrogen-bond acceptors (Lipinski definition) is 3. The lowest BCUT2D eigenvalue weighted by atomic mass is 10.0. The molecule has 15 heavy (non-hydrogen) atoms. The van der Waals surface area contributed by atoms with Crippen LogP contribution in [0.2, 0.25) is 0 Å². The number of thioether (sulfide) groups is 1. The quantitative estimate of drug-likeness (QED) is 0.795. The molecule has 0 saturated carbocycles. The maximum absolute atomic E-state index is 10.8. The smallest absolute Gasteiger partial charge is 0.187 e. The molecule has 81 valence electrons. The van der Waals surface area contributed by atoms with Crippen molar-refractivity contribution < 1.29 is 4.79 Å². The van der Waals surface area contributed by atoms with E-state index in [9.17, 15) is 4.79 Å². The lowest BCUT2D eigenvalue weighted by Crippen LogP contribution is -2.18. The van der Waals surface area contributed by atoms with Crippen LogP contribution in [0.4, 0.5) is 0 Å². The van der Waals surface area contributed by atoms with Gasteiger partial charge >= 0.3 is 0 Å². The van der Waals surface area contributed by atoms with Crippen LogP contribution in [0.15, 0.2) is 24.3 Å². The van der Waals surface area contributed by atoms with Gasteiger partial charge in [-0.2, -0.15) is 0 Å². The van der Waals surface area contributed by atoms with Crippen molar-refractivity contribution >= 4 is 16.9 Å². The number of carbonyl (C=O) groups excluding carboxylic acids is 1. The number of hydrogen-bond donors (Lipinski definition) is 1. The van der Waals surface area contributed by atoms with Crippen LogP contribution in [0.1, 0.15) is 18.1 Å². The largest absolute Gasteiger partial charge is 0.319 e. The third-order valence-corrected chi connectivity index (χ3v) is 2.93.